The fourth-order valence-electron chi connectivity index (χ4n) is 2.97. The molecule has 0 atom stereocenters. The first-order valence-corrected chi connectivity index (χ1v) is 9.31. The summed E-state index contributed by atoms with van der Waals surface area (Å²) in [6.07, 6.45) is 1.63. The number of methoxy groups -OCH3 is 2. The molecule has 1 amide bonds. The summed E-state index contributed by atoms with van der Waals surface area (Å²) in [5.74, 6) is 0.520. The number of amides is 1. The van der Waals surface area contributed by atoms with Crippen LogP contribution < -0.4 is 10.1 Å². The molecule has 7 nitrogen and oxygen atoms in total. The molecule has 0 bridgehead atoms. The van der Waals surface area contributed by atoms with Crippen molar-refractivity contribution in [3.05, 3.63) is 83.6 Å². The summed E-state index contributed by atoms with van der Waals surface area (Å²) >= 11 is 0. The van der Waals surface area contributed by atoms with E-state index in [2.05, 4.69) is 10.3 Å². The molecule has 1 heterocycles. The minimum Gasteiger partial charge on any atom is -0.495 e. The summed E-state index contributed by atoms with van der Waals surface area (Å²) in [6, 6.07) is 17.8. The van der Waals surface area contributed by atoms with Crippen LogP contribution in [-0.4, -0.2) is 43.0 Å². The average molecular weight is 405 g/mol. The number of hydrogen-bond acceptors (Lipinski definition) is 6. The van der Waals surface area contributed by atoms with E-state index >= 15 is 0 Å². The number of anilines is 2. The van der Waals surface area contributed by atoms with Crippen molar-refractivity contribution in [3.8, 4) is 5.75 Å². The number of carbonyl (C=O) groups is 2. The fraction of sp³-hybridized carbons (Fsp3) is 0.174. The average Bonchev–Trinajstić information content (AvgIpc) is 2.79. The Hall–Kier alpha value is -3.87. The Morgan fingerprint density at radius 3 is 2.43 bits per heavy atom. The Bertz CT molecular complexity index is 1030. The minimum atomic E-state index is -0.395. The molecule has 0 unspecified atom stereocenters. The quantitative estimate of drug-likeness (QED) is 0.601. The van der Waals surface area contributed by atoms with Gasteiger partial charge in [-0.15, -0.1) is 0 Å². The van der Waals surface area contributed by atoms with Gasteiger partial charge in [0.25, 0.3) is 5.91 Å². The molecule has 0 radical (unpaired) electrons. The van der Waals surface area contributed by atoms with Gasteiger partial charge >= 0.3 is 5.97 Å². The zero-order valence-corrected chi connectivity index (χ0v) is 17.1. The number of nitrogens with one attached hydrogen (secondary N) is 1. The molecule has 1 aromatic heterocycles. The normalized spacial score (nSPS) is 10.2. The van der Waals surface area contributed by atoms with Crippen LogP contribution in [0.4, 0.5) is 11.5 Å². The molecule has 0 saturated heterocycles. The number of esters is 1. The third kappa shape index (κ3) is 4.75. The topological polar surface area (TPSA) is 80.8 Å². The summed E-state index contributed by atoms with van der Waals surface area (Å²) < 4.78 is 10.1. The van der Waals surface area contributed by atoms with Crippen molar-refractivity contribution in [3.63, 3.8) is 0 Å². The maximum Gasteiger partial charge on any atom is 0.337 e. The van der Waals surface area contributed by atoms with Gasteiger partial charge in [-0.25, -0.2) is 9.78 Å². The second-order valence-corrected chi connectivity index (χ2v) is 6.57. The summed E-state index contributed by atoms with van der Waals surface area (Å²) in [5.41, 5.74) is 2.51. The van der Waals surface area contributed by atoms with Crippen molar-refractivity contribution < 1.29 is 19.1 Å². The van der Waals surface area contributed by atoms with Gasteiger partial charge in [-0.3, -0.25) is 4.79 Å². The van der Waals surface area contributed by atoms with Crippen molar-refractivity contribution in [1.29, 1.82) is 0 Å². The maximum absolute atomic E-state index is 13.1. The zero-order chi connectivity index (χ0) is 21.5. The molecule has 7 heteroatoms. The van der Waals surface area contributed by atoms with Gasteiger partial charge in [-0.05, 0) is 42.0 Å². The molecular weight excluding hydrogens is 382 g/mol. The van der Waals surface area contributed by atoms with Gasteiger partial charge < -0.3 is 19.7 Å². The van der Waals surface area contributed by atoms with E-state index in [0.717, 1.165) is 5.56 Å². The highest BCUT2D eigenvalue weighted by Crippen LogP contribution is 2.28. The number of hydrogen-bond donors (Lipinski definition) is 1. The van der Waals surface area contributed by atoms with Gasteiger partial charge in [0, 0.05) is 19.8 Å². The lowest BCUT2D eigenvalue weighted by Gasteiger charge is -2.19. The second kappa shape index (κ2) is 9.56. The third-order valence-corrected chi connectivity index (χ3v) is 4.54. The summed E-state index contributed by atoms with van der Waals surface area (Å²) in [7, 11) is 4.65. The van der Waals surface area contributed by atoms with E-state index in [1.165, 1.54) is 7.11 Å². The van der Waals surface area contributed by atoms with Crippen LogP contribution in [-0.2, 0) is 11.3 Å². The number of nitrogens with zero attached hydrogens (tertiary/aromatic N) is 2. The lowest BCUT2D eigenvalue weighted by atomic mass is 10.1. The number of para-hydroxylation sites is 2. The molecule has 0 fully saturated rings. The monoisotopic (exact) mass is 405 g/mol. The van der Waals surface area contributed by atoms with Gasteiger partial charge in [0.15, 0.2) is 0 Å². The van der Waals surface area contributed by atoms with E-state index in [9.17, 15) is 9.59 Å². The number of rotatable bonds is 7. The lowest BCUT2D eigenvalue weighted by Crippen LogP contribution is -2.27. The predicted molar refractivity (Wildman–Crippen MR) is 114 cm³/mol. The maximum atomic E-state index is 13.1. The molecule has 0 aliphatic carbocycles. The van der Waals surface area contributed by atoms with Crippen LogP contribution in [0.2, 0.25) is 0 Å². The molecule has 0 aliphatic rings. The molecule has 3 rings (SSSR count). The van der Waals surface area contributed by atoms with Crippen LogP contribution in [0.1, 0.15) is 26.3 Å². The largest absolute Gasteiger partial charge is 0.495 e. The number of benzene rings is 2. The zero-order valence-electron chi connectivity index (χ0n) is 17.1. The first-order chi connectivity index (χ1) is 14.5. The van der Waals surface area contributed by atoms with Gasteiger partial charge in [0.1, 0.15) is 11.6 Å². The SMILES string of the molecule is COC(=O)c1ccc(CN(C)C(=O)c2cccnc2Nc2ccccc2OC)cc1. The first kappa shape index (κ1) is 20.9. The Morgan fingerprint density at radius 1 is 1.00 bits per heavy atom. The van der Waals surface area contributed by atoms with Crippen molar-refractivity contribution in [2.75, 3.05) is 26.6 Å². The molecule has 0 aliphatic heterocycles. The fourth-order valence-corrected chi connectivity index (χ4v) is 2.97. The molecule has 3 aromatic rings. The van der Waals surface area contributed by atoms with Gasteiger partial charge in [-0.1, -0.05) is 24.3 Å². The predicted octanol–water partition coefficient (Wildman–Crippen LogP) is 3.89. The van der Waals surface area contributed by atoms with Crippen LogP contribution in [0.25, 0.3) is 0 Å². The van der Waals surface area contributed by atoms with E-state index < -0.39 is 5.97 Å². The Morgan fingerprint density at radius 2 is 1.73 bits per heavy atom. The molecule has 0 saturated carbocycles. The van der Waals surface area contributed by atoms with Crippen LogP contribution in [0.5, 0.6) is 5.75 Å². The number of pyridine rings is 1. The molecule has 30 heavy (non-hydrogen) atoms. The smallest absolute Gasteiger partial charge is 0.337 e. The first-order valence-electron chi connectivity index (χ1n) is 9.31. The third-order valence-electron chi connectivity index (χ3n) is 4.54. The number of carbonyl (C=O) groups excluding carboxylic acids is 2. The van der Waals surface area contributed by atoms with Crippen LogP contribution in [0.3, 0.4) is 0 Å². The highest BCUT2D eigenvalue weighted by Gasteiger charge is 2.18. The van der Waals surface area contributed by atoms with Crippen molar-refractivity contribution in [2.24, 2.45) is 0 Å². The van der Waals surface area contributed by atoms with E-state index in [0.29, 0.717) is 34.9 Å². The molecule has 1 N–H and O–H groups in total. The standard InChI is InChI=1S/C23H23N3O4/c1-26(15-16-10-12-17(13-11-16)23(28)30-3)22(27)18-7-6-14-24-21(18)25-19-8-4-5-9-20(19)29-2/h4-14H,15H2,1-3H3,(H,24,25). The second-order valence-electron chi connectivity index (χ2n) is 6.57. The van der Waals surface area contributed by atoms with E-state index in [1.54, 1.807) is 61.7 Å². The van der Waals surface area contributed by atoms with E-state index in [-0.39, 0.29) is 5.91 Å². The van der Waals surface area contributed by atoms with Crippen LogP contribution >= 0.6 is 0 Å². The Labute approximate surface area is 175 Å². The molecule has 154 valence electrons. The summed E-state index contributed by atoms with van der Waals surface area (Å²) in [6.45, 7) is 0.378. The van der Waals surface area contributed by atoms with Crippen LogP contribution in [0.15, 0.2) is 66.9 Å². The van der Waals surface area contributed by atoms with E-state index in [4.69, 9.17) is 9.47 Å². The minimum absolute atomic E-state index is 0.183. The number of ether oxygens (including phenoxy) is 2. The van der Waals surface area contributed by atoms with Gasteiger partial charge in [0.2, 0.25) is 0 Å². The molecule has 2 aromatic carbocycles. The molecular formula is C23H23N3O4. The highest BCUT2D eigenvalue weighted by molar-refractivity contribution is 5.99. The van der Waals surface area contributed by atoms with Crippen molar-refractivity contribution in [1.82, 2.24) is 9.88 Å². The van der Waals surface area contributed by atoms with Crippen molar-refractivity contribution >= 4 is 23.4 Å². The van der Waals surface area contributed by atoms with Gasteiger partial charge in [-0.2, -0.15) is 0 Å². The lowest BCUT2D eigenvalue weighted by molar-refractivity contribution is 0.0600. The Kier molecular flexibility index (Phi) is 6.64. The van der Waals surface area contributed by atoms with Crippen molar-refractivity contribution in [2.45, 2.75) is 6.54 Å². The molecule has 0 spiro atoms. The Balaban J connectivity index is 1.77. The van der Waals surface area contributed by atoms with Crippen LogP contribution in [0, 0.1) is 0 Å². The summed E-state index contributed by atoms with van der Waals surface area (Å²) in [5, 5.41) is 3.18. The van der Waals surface area contributed by atoms with E-state index in [1.807, 2.05) is 24.3 Å². The van der Waals surface area contributed by atoms with Gasteiger partial charge in [0.05, 0.1) is 31.0 Å². The number of aromatic nitrogens is 1. The summed E-state index contributed by atoms with van der Waals surface area (Å²) in [4.78, 5) is 30.6. The highest BCUT2D eigenvalue weighted by atomic mass is 16.5.